The van der Waals surface area contributed by atoms with E-state index in [-0.39, 0.29) is 17.1 Å². The maximum Gasteiger partial charge on any atom is 0.354 e. The fourth-order valence-corrected chi connectivity index (χ4v) is 5.90. The van der Waals surface area contributed by atoms with E-state index < -0.39 is 11.5 Å². The Morgan fingerprint density at radius 3 is 2.76 bits per heavy atom. The van der Waals surface area contributed by atoms with Crippen LogP contribution in [0.1, 0.15) is 63.0 Å². The molecule has 42 heavy (non-hydrogen) atoms. The number of benzene rings is 2. The number of aryl methyl sites for hydroxylation is 1. The number of aromatic amines is 1. The molecule has 2 aromatic carbocycles. The summed E-state index contributed by atoms with van der Waals surface area (Å²) in [5, 5.41) is 0.783. The summed E-state index contributed by atoms with van der Waals surface area (Å²) in [6, 6.07) is 13.3. The van der Waals surface area contributed by atoms with E-state index in [1.54, 1.807) is 12.3 Å². The van der Waals surface area contributed by atoms with Crippen LogP contribution in [0.2, 0.25) is 5.02 Å². The molecule has 10 heteroatoms. The number of nitrogens with zero attached hydrogens (tertiary/aromatic N) is 3. The summed E-state index contributed by atoms with van der Waals surface area (Å²) in [6.07, 6.45) is 7.32. The van der Waals surface area contributed by atoms with Crippen molar-refractivity contribution >= 4 is 28.6 Å². The van der Waals surface area contributed by atoms with Gasteiger partial charge in [0.05, 0.1) is 22.5 Å². The smallest absolute Gasteiger partial charge is 0.354 e. The van der Waals surface area contributed by atoms with E-state index in [0.29, 0.717) is 53.0 Å². The number of fused-ring (bicyclic) bond motifs is 1. The quantitative estimate of drug-likeness (QED) is 0.152. The standard InChI is InChI=1S/C32H38ClFN6O2/c1-19(2)4-3-5-20-14-26(29(34)27(33)15-20)28-17-23-18-40(32(41)39-30(23)38-28)24-8-6-21(7-9-24)22-11-13-42-25(16-22)10-12-37-31(35)36/h6-9,14-15,17-19,22,25H,3-5,10-13,16H2,1-2H3,(H4,35,36,37)(H,38,39,41)/t22-,25+/m1/s1. The van der Waals surface area contributed by atoms with E-state index in [9.17, 15) is 4.79 Å². The first-order chi connectivity index (χ1) is 20.2. The van der Waals surface area contributed by atoms with Gasteiger partial charge in [-0.1, -0.05) is 44.0 Å². The molecule has 0 radical (unpaired) electrons. The second-order valence-corrected chi connectivity index (χ2v) is 11.9. The monoisotopic (exact) mass is 592 g/mol. The SMILES string of the molecule is CC(C)CCCc1cc(Cl)c(F)c(-c2cc3cn(-c4ccc([C@@H]5CCO[C@@H](CCN=C(N)N)C5)cc4)c(=O)nc3[nH]2)c1. The van der Waals surface area contributed by atoms with Crippen LogP contribution in [0.4, 0.5) is 4.39 Å². The fraction of sp³-hybridized carbons (Fsp3) is 0.406. The number of aliphatic imine (C=N–C) groups is 1. The van der Waals surface area contributed by atoms with Crippen LogP contribution in [0.25, 0.3) is 28.0 Å². The molecule has 0 aliphatic carbocycles. The summed E-state index contributed by atoms with van der Waals surface area (Å²) in [5.41, 5.74) is 14.6. The highest BCUT2D eigenvalue weighted by Gasteiger charge is 2.24. The average Bonchev–Trinajstić information content (AvgIpc) is 3.37. The summed E-state index contributed by atoms with van der Waals surface area (Å²) in [4.78, 5) is 24.4. The molecule has 0 spiro atoms. The number of H-pyrrole nitrogens is 1. The van der Waals surface area contributed by atoms with Crippen LogP contribution in [0, 0.1) is 11.7 Å². The first kappa shape index (κ1) is 29.8. The molecule has 8 nitrogen and oxygen atoms in total. The molecule has 0 unspecified atom stereocenters. The Hall–Kier alpha value is -3.69. The van der Waals surface area contributed by atoms with Gasteiger partial charge in [0.15, 0.2) is 11.8 Å². The van der Waals surface area contributed by atoms with Gasteiger partial charge in [0.1, 0.15) is 5.65 Å². The molecular formula is C32H38ClFN6O2. The summed E-state index contributed by atoms with van der Waals surface area (Å²) >= 11 is 6.27. The summed E-state index contributed by atoms with van der Waals surface area (Å²) < 4.78 is 22.5. The number of rotatable bonds is 10. The summed E-state index contributed by atoms with van der Waals surface area (Å²) in [5.74, 6) is 0.555. The van der Waals surface area contributed by atoms with Gasteiger partial charge in [-0.25, -0.2) is 9.18 Å². The first-order valence-electron chi connectivity index (χ1n) is 14.6. The highest BCUT2D eigenvalue weighted by molar-refractivity contribution is 6.31. The largest absolute Gasteiger partial charge is 0.378 e. The molecule has 0 saturated carbocycles. The number of ether oxygens (including phenoxy) is 1. The second-order valence-electron chi connectivity index (χ2n) is 11.5. The van der Waals surface area contributed by atoms with Crippen LogP contribution < -0.4 is 17.2 Å². The van der Waals surface area contributed by atoms with Crippen molar-refractivity contribution in [2.45, 2.75) is 64.4 Å². The van der Waals surface area contributed by atoms with Gasteiger partial charge in [0.2, 0.25) is 0 Å². The molecule has 222 valence electrons. The number of hydrogen-bond acceptors (Lipinski definition) is 4. The molecule has 3 heterocycles. The molecule has 5 N–H and O–H groups in total. The zero-order valence-electron chi connectivity index (χ0n) is 24.1. The number of hydrogen-bond donors (Lipinski definition) is 3. The predicted molar refractivity (Wildman–Crippen MR) is 167 cm³/mol. The van der Waals surface area contributed by atoms with Gasteiger partial charge in [-0.2, -0.15) is 4.98 Å². The molecule has 0 bridgehead atoms. The van der Waals surface area contributed by atoms with E-state index >= 15 is 4.39 Å². The van der Waals surface area contributed by atoms with Gasteiger partial charge < -0.3 is 21.2 Å². The topological polar surface area (TPSA) is 124 Å². The molecular weight excluding hydrogens is 555 g/mol. The Bertz CT molecular complexity index is 1620. The lowest BCUT2D eigenvalue weighted by molar-refractivity contribution is 0.00355. The Morgan fingerprint density at radius 2 is 2.02 bits per heavy atom. The van der Waals surface area contributed by atoms with Gasteiger partial charge in [-0.15, -0.1) is 0 Å². The lowest BCUT2D eigenvalue weighted by Crippen LogP contribution is -2.27. The minimum atomic E-state index is -0.492. The Balaban J connectivity index is 1.35. The molecule has 0 amide bonds. The van der Waals surface area contributed by atoms with Crippen LogP contribution in [-0.2, 0) is 11.2 Å². The molecule has 4 aromatic rings. The predicted octanol–water partition coefficient (Wildman–Crippen LogP) is 6.08. The van der Waals surface area contributed by atoms with Crippen LogP contribution in [0.3, 0.4) is 0 Å². The van der Waals surface area contributed by atoms with Crippen molar-refractivity contribution in [2.24, 2.45) is 22.4 Å². The average molecular weight is 593 g/mol. The van der Waals surface area contributed by atoms with E-state index in [1.807, 2.05) is 24.3 Å². The van der Waals surface area contributed by atoms with Crippen LogP contribution in [0.15, 0.2) is 58.4 Å². The van der Waals surface area contributed by atoms with Crippen molar-refractivity contribution in [3.63, 3.8) is 0 Å². The maximum absolute atomic E-state index is 15.1. The third kappa shape index (κ3) is 7.02. The van der Waals surface area contributed by atoms with E-state index in [0.717, 1.165) is 44.1 Å². The highest BCUT2D eigenvalue weighted by Crippen LogP contribution is 2.33. The van der Waals surface area contributed by atoms with Crippen molar-refractivity contribution in [1.29, 1.82) is 0 Å². The number of nitrogens with one attached hydrogen (secondary N) is 1. The number of aromatic nitrogens is 3. The molecule has 1 aliphatic heterocycles. The zero-order valence-corrected chi connectivity index (χ0v) is 24.8. The Morgan fingerprint density at radius 1 is 1.24 bits per heavy atom. The molecule has 5 rings (SSSR count). The third-order valence-electron chi connectivity index (χ3n) is 7.89. The van der Waals surface area contributed by atoms with E-state index in [2.05, 4.69) is 40.9 Å². The lowest BCUT2D eigenvalue weighted by atomic mass is 9.87. The second kappa shape index (κ2) is 13.1. The minimum Gasteiger partial charge on any atom is -0.378 e. The normalized spacial score (nSPS) is 17.2. The third-order valence-corrected chi connectivity index (χ3v) is 8.16. The lowest BCUT2D eigenvalue weighted by Gasteiger charge is -2.29. The molecule has 2 atom stereocenters. The first-order valence-corrected chi connectivity index (χ1v) is 14.9. The van der Waals surface area contributed by atoms with Gasteiger partial charge in [0.25, 0.3) is 0 Å². The van der Waals surface area contributed by atoms with Gasteiger partial charge in [-0.3, -0.25) is 9.56 Å². The molecule has 2 aromatic heterocycles. The van der Waals surface area contributed by atoms with Crippen molar-refractivity contribution in [2.75, 3.05) is 13.2 Å². The molecule has 1 aliphatic rings. The molecule has 1 saturated heterocycles. The van der Waals surface area contributed by atoms with Crippen molar-refractivity contribution < 1.29 is 9.13 Å². The van der Waals surface area contributed by atoms with Crippen LogP contribution in [-0.4, -0.2) is 39.8 Å². The van der Waals surface area contributed by atoms with Gasteiger partial charge >= 0.3 is 5.69 Å². The van der Waals surface area contributed by atoms with Crippen LogP contribution >= 0.6 is 11.6 Å². The zero-order chi connectivity index (χ0) is 29.8. The summed E-state index contributed by atoms with van der Waals surface area (Å²) in [7, 11) is 0. The Labute approximate surface area is 250 Å². The van der Waals surface area contributed by atoms with Crippen molar-refractivity contribution in [3.05, 3.63) is 81.1 Å². The van der Waals surface area contributed by atoms with Crippen molar-refractivity contribution in [1.82, 2.24) is 14.5 Å². The van der Waals surface area contributed by atoms with Crippen LogP contribution in [0.5, 0.6) is 0 Å². The fourth-order valence-electron chi connectivity index (χ4n) is 5.65. The number of nitrogens with two attached hydrogens (primary N) is 2. The van der Waals surface area contributed by atoms with E-state index in [1.165, 1.54) is 10.1 Å². The van der Waals surface area contributed by atoms with Crippen molar-refractivity contribution in [3.8, 4) is 16.9 Å². The van der Waals surface area contributed by atoms with Gasteiger partial charge in [0, 0.05) is 30.3 Å². The maximum atomic E-state index is 15.1. The van der Waals surface area contributed by atoms with Gasteiger partial charge in [-0.05, 0) is 85.4 Å². The minimum absolute atomic E-state index is 0.0861. The molecule has 1 fully saturated rings. The summed E-state index contributed by atoms with van der Waals surface area (Å²) in [6.45, 7) is 5.60. The highest BCUT2D eigenvalue weighted by atomic mass is 35.5. The number of halogens is 2. The number of guanidine groups is 1. The van der Waals surface area contributed by atoms with E-state index in [4.69, 9.17) is 27.8 Å². The Kier molecular flexibility index (Phi) is 9.28.